The van der Waals surface area contributed by atoms with E-state index in [1.165, 1.54) is 42.8 Å². The van der Waals surface area contributed by atoms with Crippen LogP contribution in [0.25, 0.3) is 0 Å². The molecule has 1 aromatic rings. The van der Waals surface area contributed by atoms with Gasteiger partial charge in [0, 0.05) is 22.6 Å². The number of carbonyl (C=O) groups is 1. The summed E-state index contributed by atoms with van der Waals surface area (Å²) in [6, 6.07) is 8.18. The van der Waals surface area contributed by atoms with E-state index in [1.807, 2.05) is 23.9 Å². The van der Waals surface area contributed by atoms with Crippen LogP contribution in [0.15, 0.2) is 29.2 Å². The fourth-order valence-corrected chi connectivity index (χ4v) is 3.85. The van der Waals surface area contributed by atoms with E-state index in [9.17, 15) is 4.79 Å². The van der Waals surface area contributed by atoms with Gasteiger partial charge in [-0.2, -0.15) is 0 Å². The summed E-state index contributed by atoms with van der Waals surface area (Å²) in [6.45, 7) is 2.06. The van der Waals surface area contributed by atoms with Gasteiger partial charge in [0.15, 0.2) is 5.78 Å². The minimum absolute atomic E-state index is 0.280. The molecule has 0 amide bonds. The lowest BCUT2D eigenvalue weighted by Gasteiger charge is -2.20. The second kappa shape index (κ2) is 7.74. The third-order valence-corrected chi connectivity index (χ3v) is 5.07. The molecule has 1 nitrogen and oxygen atoms in total. The number of Topliss-reactive ketones (excluding diaryl/α,β-unsaturated/α-hetero) is 1. The van der Waals surface area contributed by atoms with E-state index in [0.29, 0.717) is 6.42 Å². The van der Waals surface area contributed by atoms with Crippen LogP contribution in [0.1, 0.15) is 62.2 Å². The van der Waals surface area contributed by atoms with E-state index < -0.39 is 0 Å². The second-order valence-corrected chi connectivity index (χ2v) is 6.61. The number of carbonyl (C=O) groups excluding carboxylic acids is 1. The Balaban J connectivity index is 1.89. The van der Waals surface area contributed by atoms with Crippen molar-refractivity contribution in [1.82, 2.24) is 0 Å². The first-order valence-corrected chi connectivity index (χ1v) is 8.54. The van der Waals surface area contributed by atoms with Crippen molar-refractivity contribution in [2.45, 2.75) is 56.8 Å². The molecular weight excluding hydrogens is 252 g/mol. The summed E-state index contributed by atoms with van der Waals surface area (Å²) in [5.41, 5.74) is 0.885. The summed E-state index contributed by atoms with van der Waals surface area (Å²) in [6.07, 6.45) is 8.60. The van der Waals surface area contributed by atoms with Crippen LogP contribution in [0.4, 0.5) is 0 Å². The number of benzene rings is 1. The molecule has 0 aromatic heterocycles. The minimum Gasteiger partial charge on any atom is -0.294 e. The van der Waals surface area contributed by atoms with Crippen molar-refractivity contribution in [1.29, 1.82) is 0 Å². The summed E-state index contributed by atoms with van der Waals surface area (Å²) in [4.78, 5) is 13.2. The van der Waals surface area contributed by atoms with Crippen LogP contribution in [0, 0.1) is 5.92 Å². The first kappa shape index (κ1) is 14.6. The largest absolute Gasteiger partial charge is 0.294 e. The second-order valence-electron chi connectivity index (χ2n) is 5.52. The topological polar surface area (TPSA) is 17.1 Å². The molecule has 0 bridgehead atoms. The van der Waals surface area contributed by atoms with Gasteiger partial charge in [0.25, 0.3) is 0 Å². The molecule has 1 aliphatic carbocycles. The zero-order chi connectivity index (χ0) is 13.5. The molecule has 1 saturated carbocycles. The molecular formula is C17H24OS. The lowest BCUT2D eigenvalue weighted by atomic mass is 9.91. The Morgan fingerprint density at radius 3 is 2.79 bits per heavy atom. The van der Waals surface area contributed by atoms with E-state index in [-0.39, 0.29) is 5.78 Å². The van der Waals surface area contributed by atoms with Crippen molar-refractivity contribution in [3.63, 3.8) is 0 Å². The zero-order valence-electron chi connectivity index (χ0n) is 11.9. The van der Waals surface area contributed by atoms with Gasteiger partial charge in [0.05, 0.1) is 0 Å². The van der Waals surface area contributed by atoms with Crippen LogP contribution < -0.4 is 0 Å². The molecule has 0 radical (unpaired) electrons. The Kier molecular flexibility index (Phi) is 5.96. The number of hydrogen-bond acceptors (Lipinski definition) is 2. The van der Waals surface area contributed by atoms with E-state index in [2.05, 4.69) is 19.1 Å². The highest BCUT2D eigenvalue weighted by atomic mass is 32.2. The zero-order valence-corrected chi connectivity index (χ0v) is 12.7. The highest BCUT2D eigenvalue weighted by Gasteiger charge is 2.14. The first-order chi connectivity index (χ1) is 9.29. The third-order valence-electron chi connectivity index (χ3n) is 3.84. The Hall–Kier alpha value is -0.760. The lowest BCUT2D eigenvalue weighted by Crippen LogP contribution is -2.08. The van der Waals surface area contributed by atoms with Crippen LogP contribution in [0.5, 0.6) is 0 Å². The summed E-state index contributed by atoms with van der Waals surface area (Å²) >= 11 is 1.92. The monoisotopic (exact) mass is 276 g/mol. The van der Waals surface area contributed by atoms with E-state index >= 15 is 0 Å². The molecule has 1 fully saturated rings. The average Bonchev–Trinajstić information content (AvgIpc) is 2.47. The van der Waals surface area contributed by atoms with Gasteiger partial charge in [0.1, 0.15) is 0 Å². The van der Waals surface area contributed by atoms with Crippen LogP contribution in [0.3, 0.4) is 0 Å². The quantitative estimate of drug-likeness (QED) is 0.515. The minimum atomic E-state index is 0.280. The van der Waals surface area contributed by atoms with Crippen molar-refractivity contribution < 1.29 is 4.79 Å². The molecule has 0 heterocycles. The molecule has 104 valence electrons. The molecule has 1 aliphatic rings. The fraction of sp³-hybridized carbons (Fsp3) is 0.588. The van der Waals surface area contributed by atoms with Crippen LogP contribution in [-0.4, -0.2) is 11.5 Å². The Bertz CT molecular complexity index is 407. The number of hydrogen-bond donors (Lipinski definition) is 0. The predicted molar refractivity (Wildman–Crippen MR) is 83.0 cm³/mol. The highest BCUT2D eigenvalue weighted by molar-refractivity contribution is 7.99. The van der Waals surface area contributed by atoms with Gasteiger partial charge < -0.3 is 0 Å². The molecule has 0 N–H and O–H groups in total. The molecule has 2 rings (SSSR count). The molecule has 2 heteroatoms. The standard InChI is InChI=1S/C17H24OS/c1-2-7-17(18)15-10-6-11-16(12-15)19-13-14-8-4-3-5-9-14/h6,10-12,14H,2-5,7-9,13H2,1H3. The predicted octanol–water partition coefficient (Wildman–Crippen LogP) is 5.34. The number of rotatable bonds is 6. The van der Waals surface area contributed by atoms with Crippen LogP contribution in [-0.2, 0) is 0 Å². The number of thioether (sulfide) groups is 1. The lowest BCUT2D eigenvalue weighted by molar-refractivity contribution is 0.0981. The normalized spacial score (nSPS) is 16.5. The Morgan fingerprint density at radius 2 is 2.05 bits per heavy atom. The summed E-state index contributed by atoms with van der Waals surface area (Å²) in [5, 5.41) is 0. The summed E-state index contributed by atoms with van der Waals surface area (Å²) < 4.78 is 0. The van der Waals surface area contributed by atoms with E-state index in [1.54, 1.807) is 0 Å². The molecule has 0 atom stereocenters. The van der Waals surface area contributed by atoms with Gasteiger partial charge in [-0.3, -0.25) is 4.79 Å². The first-order valence-electron chi connectivity index (χ1n) is 7.55. The SMILES string of the molecule is CCCC(=O)c1cccc(SCC2CCCCC2)c1. The molecule has 1 aromatic carbocycles. The Morgan fingerprint density at radius 1 is 1.26 bits per heavy atom. The highest BCUT2D eigenvalue weighted by Crippen LogP contribution is 2.30. The van der Waals surface area contributed by atoms with Gasteiger partial charge in [-0.1, -0.05) is 38.3 Å². The molecule has 19 heavy (non-hydrogen) atoms. The fourth-order valence-electron chi connectivity index (χ4n) is 2.70. The van der Waals surface area contributed by atoms with Gasteiger partial charge >= 0.3 is 0 Å². The maximum Gasteiger partial charge on any atom is 0.162 e. The Labute approximate surface area is 121 Å². The number of ketones is 1. The average molecular weight is 276 g/mol. The molecule has 0 saturated heterocycles. The van der Waals surface area contributed by atoms with Gasteiger partial charge in [-0.05, 0) is 37.3 Å². The summed E-state index contributed by atoms with van der Waals surface area (Å²) in [5.74, 6) is 2.38. The summed E-state index contributed by atoms with van der Waals surface area (Å²) in [7, 11) is 0. The van der Waals surface area contributed by atoms with Crippen molar-refractivity contribution >= 4 is 17.5 Å². The molecule has 0 spiro atoms. The van der Waals surface area contributed by atoms with Crippen molar-refractivity contribution in [2.75, 3.05) is 5.75 Å². The van der Waals surface area contributed by atoms with E-state index in [0.717, 1.165) is 17.9 Å². The van der Waals surface area contributed by atoms with Crippen molar-refractivity contribution in [3.05, 3.63) is 29.8 Å². The van der Waals surface area contributed by atoms with Gasteiger partial charge in [-0.25, -0.2) is 0 Å². The van der Waals surface area contributed by atoms with Crippen molar-refractivity contribution in [2.24, 2.45) is 5.92 Å². The van der Waals surface area contributed by atoms with Crippen LogP contribution in [0.2, 0.25) is 0 Å². The maximum atomic E-state index is 11.9. The van der Waals surface area contributed by atoms with Crippen molar-refractivity contribution in [3.8, 4) is 0 Å². The van der Waals surface area contributed by atoms with Gasteiger partial charge in [0.2, 0.25) is 0 Å². The smallest absolute Gasteiger partial charge is 0.162 e. The van der Waals surface area contributed by atoms with Gasteiger partial charge in [-0.15, -0.1) is 11.8 Å². The molecule has 0 unspecified atom stereocenters. The maximum absolute atomic E-state index is 11.9. The van der Waals surface area contributed by atoms with E-state index in [4.69, 9.17) is 0 Å². The third kappa shape index (κ3) is 4.68. The molecule has 0 aliphatic heterocycles. The van der Waals surface area contributed by atoms with Crippen LogP contribution >= 0.6 is 11.8 Å².